The Labute approximate surface area is 128 Å². The van der Waals surface area contributed by atoms with Gasteiger partial charge in [0.05, 0.1) is 9.82 Å². The standard InChI is InChI=1S/C13H13N3O4S2/c1-21(14,12-5-3-2-4-6-12)15-22(19,20)13-9-7-11(8-10-13)16(17)18/h2-10,14H,1H3. The van der Waals surface area contributed by atoms with Gasteiger partial charge in [0.15, 0.2) is 0 Å². The lowest BCUT2D eigenvalue weighted by atomic mass is 10.3. The van der Waals surface area contributed by atoms with Crippen LogP contribution in [0.2, 0.25) is 0 Å². The highest BCUT2D eigenvalue weighted by Gasteiger charge is 2.17. The molecule has 0 aliphatic rings. The van der Waals surface area contributed by atoms with Gasteiger partial charge in [0.25, 0.3) is 15.7 Å². The number of nitrogens with one attached hydrogen (secondary N) is 1. The average Bonchev–Trinajstić information content (AvgIpc) is 2.47. The van der Waals surface area contributed by atoms with Crippen molar-refractivity contribution in [1.82, 2.24) is 0 Å². The van der Waals surface area contributed by atoms with E-state index in [4.69, 9.17) is 4.78 Å². The van der Waals surface area contributed by atoms with Crippen molar-refractivity contribution in [3.05, 3.63) is 64.7 Å². The van der Waals surface area contributed by atoms with Crippen molar-refractivity contribution in [2.75, 3.05) is 6.26 Å². The molecule has 0 saturated heterocycles. The summed E-state index contributed by atoms with van der Waals surface area (Å²) in [5, 5.41) is 10.6. The second-order valence-corrected chi connectivity index (χ2v) is 8.73. The third-order valence-electron chi connectivity index (χ3n) is 2.79. The van der Waals surface area contributed by atoms with Crippen LogP contribution >= 0.6 is 0 Å². The summed E-state index contributed by atoms with van der Waals surface area (Å²) < 4.78 is 36.5. The molecule has 0 aliphatic carbocycles. The Hall–Kier alpha value is -2.26. The van der Waals surface area contributed by atoms with Gasteiger partial charge in [0.1, 0.15) is 0 Å². The fourth-order valence-electron chi connectivity index (χ4n) is 1.71. The summed E-state index contributed by atoms with van der Waals surface area (Å²) in [6.07, 6.45) is 1.45. The Bertz CT molecular complexity index is 914. The second kappa shape index (κ2) is 5.85. The van der Waals surface area contributed by atoms with Crippen molar-refractivity contribution < 1.29 is 13.3 Å². The predicted octanol–water partition coefficient (Wildman–Crippen LogP) is 3.07. The van der Waals surface area contributed by atoms with Crippen molar-refractivity contribution in [3.8, 4) is 0 Å². The molecule has 0 aliphatic heterocycles. The molecule has 0 bridgehead atoms. The zero-order valence-electron chi connectivity index (χ0n) is 11.5. The van der Waals surface area contributed by atoms with Crippen molar-refractivity contribution in [2.24, 2.45) is 3.77 Å². The number of nitro benzene ring substituents is 1. The van der Waals surface area contributed by atoms with E-state index in [9.17, 15) is 18.5 Å². The molecule has 9 heteroatoms. The summed E-state index contributed by atoms with van der Waals surface area (Å²) in [7, 11) is -6.70. The first kappa shape index (κ1) is 16.1. The summed E-state index contributed by atoms with van der Waals surface area (Å²) >= 11 is 0. The van der Waals surface area contributed by atoms with Gasteiger partial charge < -0.3 is 0 Å². The smallest absolute Gasteiger partial charge is 0.265 e. The number of nitro groups is 1. The molecule has 116 valence electrons. The number of rotatable bonds is 4. The minimum absolute atomic E-state index is 0.167. The quantitative estimate of drug-likeness (QED) is 0.681. The Morgan fingerprint density at radius 2 is 1.55 bits per heavy atom. The van der Waals surface area contributed by atoms with Crippen LogP contribution in [-0.2, 0) is 19.6 Å². The van der Waals surface area contributed by atoms with Gasteiger partial charge in [-0.1, -0.05) is 18.2 Å². The third-order valence-corrected chi connectivity index (χ3v) is 6.83. The van der Waals surface area contributed by atoms with E-state index in [2.05, 4.69) is 3.77 Å². The summed E-state index contributed by atoms with van der Waals surface area (Å²) in [5.74, 6) is 0. The Balaban J connectivity index is 2.49. The minimum atomic E-state index is -4.06. The molecule has 2 aromatic rings. The average molecular weight is 339 g/mol. The molecule has 22 heavy (non-hydrogen) atoms. The predicted molar refractivity (Wildman–Crippen MR) is 83.4 cm³/mol. The molecule has 2 rings (SSSR count). The van der Waals surface area contributed by atoms with E-state index < -0.39 is 24.6 Å². The summed E-state index contributed by atoms with van der Waals surface area (Å²) in [5.41, 5.74) is -0.206. The zero-order chi connectivity index (χ0) is 16.4. The maximum Gasteiger partial charge on any atom is 0.288 e. The number of hydrogen-bond acceptors (Lipinski definition) is 5. The van der Waals surface area contributed by atoms with Gasteiger partial charge in [-0.05, 0) is 33.9 Å². The van der Waals surface area contributed by atoms with E-state index in [1.54, 1.807) is 30.3 Å². The maximum absolute atomic E-state index is 12.3. The van der Waals surface area contributed by atoms with Crippen LogP contribution < -0.4 is 0 Å². The summed E-state index contributed by atoms with van der Waals surface area (Å²) in [6, 6.07) is 12.9. The van der Waals surface area contributed by atoms with Crippen LogP contribution in [0, 0.1) is 14.9 Å². The lowest BCUT2D eigenvalue weighted by molar-refractivity contribution is -0.384. The first-order valence-electron chi connectivity index (χ1n) is 6.04. The Kier molecular flexibility index (Phi) is 4.29. The number of nitrogens with zero attached hydrogens (tertiary/aromatic N) is 2. The second-order valence-electron chi connectivity index (χ2n) is 4.49. The van der Waals surface area contributed by atoms with Crippen LogP contribution in [0.3, 0.4) is 0 Å². The molecule has 0 heterocycles. The largest absolute Gasteiger partial charge is 0.288 e. The minimum Gasteiger partial charge on any atom is -0.265 e. The molecular weight excluding hydrogens is 326 g/mol. The highest BCUT2D eigenvalue weighted by molar-refractivity contribution is 8.03. The number of benzene rings is 2. The summed E-state index contributed by atoms with van der Waals surface area (Å²) in [4.78, 5) is 10.3. The molecule has 1 unspecified atom stereocenters. The van der Waals surface area contributed by atoms with E-state index in [0.29, 0.717) is 4.90 Å². The maximum atomic E-state index is 12.3. The van der Waals surface area contributed by atoms with Crippen molar-refractivity contribution in [1.29, 1.82) is 4.78 Å². The molecule has 0 radical (unpaired) electrons. The van der Waals surface area contributed by atoms with Crippen LogP contribution in [0.15, 0.2) is 68.2 Å². The van der Waals surface area contributed by atoms with Crippen molar-refractivity contribution in [2.45, 2.75) is 9.79 Å². The van der Waals surface area contributed by atoms with Crippen LogP contribution in [0.1, 0.15) is 0 Å². The molecule has 0 fully saturated rings. The van der Waals surface area contributed by atoms with Gasteiger partial charge in [0, 0.05) is 23.3 Å². The lowest BCUT2D eigenvalue weighted by Crippen LogP contribution is -2.03. The Morgan fingerprint density at radius 3 is 2.05 bits per heavy atom. The van der Waals surface area contributed by atoms with Gasteiger partial charge in [-0.3, -0.25) is 14.9 Å². The van der Waals surface area contributed by atoms with E-state index in [0.717, 1.165) is 24.3 Å². The van der Waals surface area contributed by atoms with E-state index >= 15 is 0 Å². The highest BCUT2D eigenvalue weighted by Crippen LogP contribution is 2.21. The molecule has 0 aromatic heterocycles. The van der Waals surface area contributed by atoms with E-state index in [1.807, 2.05) is 0 Å². The zero-order valence-corrected chi connectivity index (χ0v) is 13.2. The third kappa shape index (κ3) is 3.49. The molecule has 7 nitrogen and oxygen atoms in total. The number of sulfonamides is 1. The first-order chi connectivity index (χ1) is 10.2. The molecule has 2 aromatic carbocycles. The molecule has 0 amide bonds. The van der Waals surface area contributed by atoms with Crippen LogP contribution in [0.4, 0.5) is 5.69 Å². The normalized spacial score (nSPS) is 14.0. The van der Waals surface area contributed by atoms with Crippen LogP contribution in [0.25, 0.3) is 0 Å². The lowest BCUT2D eigenvalue weighted by Gasteiger charge is -2.08. The topological polar surface area (TPSA) is 113 Å². The van der Waals surface area contributed by atoms with Gasteiger partial charge in [-0.2, -0.15) is 8.42 Å². The number of non-ortho nitro benzene ring substituents is 1. The van der Waals surface area contributed by atoms with E-state index in [-0.39, 0.29) is 10.6 Å². The van der Waals surface area contributed by atoms with Crippen LogP contribution in [0.5, 0.6) is 0 Å². The van der Waals surface area contributed by atoms with E-state index in [1.165, 1.54) is 6.26 Å². The molecule has 0 spiro atoms. The summed E-state index contributed by atoms with van der Waals surface area (Å²) in [6.45, 7) is 0. The SMILES string of the molecule is CS(=N)(=NS(=O)(=O)c1ccc([N+](=O)[O-])cc1)c1ccccc1. The van der Waals surface area contributed by atoms with Gasteiger partial charge >= 0.3 is 0 Å². The monoisotopic (exact) mass is 339 g/mol. The van der Waals surface area contributed by atoms with Gasteiger partial charge in [0.2, 0.25) is 0 Å². The fraction of sp³-hybridized carbons (Fsp3) is 0.0769. The molecular formula is C13H13N3O4S2. The molecule has 1 N–H and O–H groups in total. The van der Waals surface area contributed by atoms with Crippen molar-refractivity contribution >= 4 is 25.3 Å². The van der Waals surface area contributed by atoms with Gasteiger partial charge in [-0.25, -0.2) is 0 Å². The van der Waals surface area contributed by atoms with Crippen LogP contribution in [-0.4, -0.2) is 19.6 Å². The molecule has 1 atom stereocenters. The fourth-order valence-corrected chi connectivity index (χ4v) is 5.13. The molecule has 0 saturated carbocycles. The number of hydrogen-bond donors (Lipinski definition) is 1. The highest BCUT2D eigenvalue weighted by atomic mass is 32.3. The van der Waals surface area contributed by atoms with Gasteiger partial charge in [-0.15, -0.1) is 3.77 Å². The first-order valence-corrected chi connectivity index (χ1v) is 9.48. The van der Waals surface area contributed by atoms with Crippen molar-refractivity contribution in [3.63, 3.8) is 0 Å². The Morgan fingerprint density at radius 1 is 1.00 bits per heavy atom.